The summed E-state index contributed by atoms with van der Waals surface area (Å²) < 4.78 is 8.69. The first-order valence-electron chi connectivity index (χ1n) is 22.2. The van der Waals surface area contributed by atoms with E-state index in [2.05, 4.69) is 240 Å². The van der Waals surface area contributed by atoms with Gasteiger partial charge in [-0.2, -0.15) is 0 Å². The normalized spacial score (nSPS) is 11.7. The lowest BCUT2D eigenvalue weighted by Crippen LogP contribution is -2.10. The van der Waals surface area contributed by atoms with Crippen molar-refractivity contribution in [3.8, 4) is 39.1 Å². The van der Waals surface area contributed by atoms with E-state index >= 15 is 0 Å². The molecule has 3 nitrogen and oxygen atoms in total. The van der Waals surface area contributed by atoms with E-state index in [1.807, 2.05) is 12.1 Å². The van der Waals surface area contributed by atoms with E-state index in [0.29, 0.717) is 0 Å². The van der Waals surface area contributed by atoms with Crippen LogP contribution in [0.1, 0.15) is 0 Å². The number of fused-ring (bicyclic) bond motifs is 9. The molecule has 13 aromatic rings. The lowest BCUT2D eigenvalue weighted by atomic mass is 9.97. The van der Waals surface area contributed by atoms with Gasteiger partial charge in [-0.15, -0.1) is 0 Å². The van der Waals surface area contributed by atoms with Crippen molar-refractivity contribution >= 4 is 82.4 Å². The highest BCUT2D eigenvalue weighted by Gasteiger charge is 2.18. The Bertz CT molecular complexity index is 3900. The average Bonchev–Trinajstić information content (AvgIpc) is 3.92. The third kappa shape index (κ3) is 6.20. The van der Waals surface area contributed by atoms with Crippen LogP contribution in [0.15, 0.2) is 247 Å². The summed E-state index contributed by atoms with van der Waals surface area (Å²) in [6.45, 7) is 0. The van der Waals surface area contributed by atoms with Crippen molar-refractivity contribution in [3.05, 3.63) is 243 Å². The predicted octanol–water partition coefficient (Wildman–Crippen LogP) is 17.5. The quantitative estimate of drug-likeness (QED) is 0.149. The van der Waals surface area contributed by atoms with Crippen LogP contribution in [0.2, 0.25) is 0 Å². The molecule has 65 heavy (non-hydrogen) atoms. The maximum Gasteiger partial charge on any atom is 0.136 e. The van der Waals surface area contributed by atoms with E-state index in [-0.39, 0.29) is 0 Å². The highest BCUT2D eigenvalue weighted by atomic mass is 16.3. The van der Waals surface area contributed by atoms with Crippen LogP contribution in [-0.2, 0) is 0 Å². The largest absolute Gasteiger partial charge is 0.456 e. The topological polar surface area (TPSA) is 21.3 Å². The van der Waals surface area contributed by atoms with Crippen molar-refractivity contribution in [1.82, 2.24) is 4.57 Å². The van der Waals surface area contributed by atoms with Gasteiger partial charge in [0.05, 0.1) is 16.7 Å². The third-order valence-corrected chi connectivity index (χ3v) is 13.2. The molecule has 11 aromatic carbocycles. The summed E-state index contributed by atoms with van der Waals surface area (Å²) in [5.41, 5.74) is 15.5. The van der Waals surface area contributed by atoms with E-state index in [4.69, 9.17) is 4.42 Å². The maximum absolute atomic E-state index is 6.28. The van der Waals surface area contributed by atoms with E-state index < -0.39 is 0 Å². The lowest BCUT2D eigenvalue weighted by molar-refractivity contribution is 0.669. The third-order valence-electron chi connectivity index (χ3n) is 13.2. The molecule has 0 fully saturated rings. The fourth-order valence-electron chi connectivity index (χ4n) is 10.1. The molecule has 0 saturated carbocycles. The minimum atomic E-state index is 0.896. The predicted molar refractivity (Wildman–Crippen MR) is 274 cm³/mol. The second-order valence-electron chi connectivity index (χ2n) is 16.9. The van der Waals surface area contributed by atoms with Crippen LogP contribution in [0.3, 0.4) is 0 Å². The molecule has 0 bridgehead atoms. The zero-order chi connectivity index (χ0) is 42.8. The van der Waals surface area contributed by atoms with Gasteiger partial charge in [0.2, 0.25) is 0 Å². The molecule has 0 saturated heterocycles. The molecule has 0 N–H and O–H groups in total. The number of hydrogen-bond donors (Lipinski definition) is 0. The fraction of sp³-hybridized carbons (Fsp3) is 0. The van der Waals surface area contributed by atoms with Crippen molar-refractivity contribution in [2.24, 2.45) is 0 Å². The number of furan rings is 1. The summed E-state index contributed by atoms with van der Waals surface area (Å²) in [6, 6.07) is 87.8. The Kier molecular flexibility index (Phi) is 8.53. The van der Waals surface area contributed by atoms with Crippen molar-refractivity contribution in [2.75, 3.05) is 4.90 Å². The summed E-state index contributed by atoms with van der Waals surface area (Å²) in [6.07, 6.45) is 0. The van der Waals surface area contributed by atoms with E-state index in [1.54, 1.807) is 0 Å². The second-order valence-corrected chi connectivity index (χ2v) is 16.9. The van der Waals surface area contributed by atoms with Gasteiger partial charge in [0, 0.05) is 44.2 Å². The Labute approximate surface area is 376 Å². The van der Waals surface area contributed by atoms with Crippen LogP contribution in [0.5, 0.6) is 0 Å². The van der Waals surface area contributed by atoms with Crippen LogP contribution < -0.4 is 4.90 Å². The molecule has 0 radical (unpaired) electrons. The first kappa shape index (κ1) is 36.9. The number of aromatic nitrogens is 1. The van der Waals surface area contributed by atoms with Gasteiger partial charge in [-0.1, -0.05) is 164 Å². The molecule has 3 heteroatoms. The molecule has 2 heterocycles. The van der Waals surface area contributed by atoms with Crippen molar-refractivity contribution in [1.29, 1.82) is 0 Å². The number of anilines is 3. The maximum atomic E-state index is 6.28. The van der Waals surface area contributed by atoms with E-state index in [9.17, 15) is 0 Å². The molecule has 0 aliphatic heterocycles. The number of benzene rings is 11. The molecule has 0 spiro atoms. The van der Waals surface area contributed by atoms with Gasteiger partial charge in [0.1, 0.15) is 11.2 Å². The lowest BCUT2D eigenvalue weighted by Gasteiger charge is -2.26. The Balaban J connectivity index is 0.913. The minimum Gasteiger partial charge on any atom is -0.456 e. The molecule has 0 atom stereocenters. The SMILES string of the molecule is c1cc(-c2ccc3c(ccc4ccccc43)c2)cc(N(c2ccc(-c3ccc4c(c3)oc3ccccc34)cc2)c2ccc(-c3ccccc3-n3c4ccccc4c4ccccc43)cc2)c1. The summed E-state index contributed by atoms with van der Waals surface area (Å²) in [5.74, 6) is 0. The molecular formula is C62H40N2O. The first-order valence-corrected chi connectivity index (χ1v) is 22.2. The van der Waals surface area contributed by atoms with Crippen LogP contribution in [-0.4, -0.2) is 4.57 Å². The van der Waals surface area contributed by atoms with Crippen molar-refractivity contribution in [3.63, 3.8) is 0 Å². The molecule has 304 valence electrons. The molecular weight excluding hydrogens is 789 g/mol. The van der Waals surface area contributed by atoms with Gasteiger partial charge in [-0.3, -0.25) is 0 Å². The molecule has 13 rings (SSSR count). The number of hydrogen-bond acceptors (Lipinski definition) is 2. The zero-order valence-corrected chi connectivity index (χ0v) is 35.4. The van der Waals surface area contributed by atoms with Gasteiger partial charge in [0.15, 0.2) is 0 Å². The monoisotopic (exact) mass is 828 g/mol. The number of para-hydroxylation sites is 4. The molecule has 2 aromatic heterocycles. The van der Waals surface area contributed by atoms with Gasteiger partial charge >= 0.3 is 0 Å². The number of nitrogens with zero attached hydrogens (tertiary/aromatic N) is 2. The average molecular weight is 829 g/mol. The Morgan fingerprint density at radius 2 is 0.831 bits per heavy atom. The number of rotatable bonds is 7. The minimum absolute atomic E-state index is 0.896. The summed E-state index contributed by atoms with van der Waals surface area (Å²) in [7, 11) is 0. The van der Waals surface area contributed by atoms with Crippen LogP contribution in [0.4, 0.5) is 17.1 Å². The fourth-order valence-corrected chi connectivity index (χ4v) is 10.1. The highest BCUT2D eigenvalue weighted by molar-refractivity contribution is 6.11. The Hall–Kier alpha value is -8.66. The van der Waals surface area contributed by atoms with Crippen LogP contribution in [0.25, 0.3) is 104 Å². The Morgan fingerprint density at radius 1 is 0.292 bits per heavy atom. The standard InChI is InChI=1S/C62H40N2O/c1-2-15-51-42(12-1)24-25-47-38-45(30-36-52(47)51)44-13-11-14-50(39-44)63(48-32-26-41(27-33-48)46-31-37-57-56-19-6-10-23-61(56)65-62(57)40-46)49-34-28-43(29-35-49)53-16-3-7-20-58(53)64-59-21-8-4-17-54(59)55-18-5-9-22-60(55)64/h1-40H. The molecule has 0 unspecified atom stereocenters. The van der Waals surface area contributed by atoms with Crippen LogP contribution >= 0.6 is 0 Å². The Morgan fingerprint density at radius 3 is 1.60 bits per heavy atom. The van der Waals surface area contributed by atoms with Gasteiger partial charge < -0.3 is 13.9 Å². The van der Waals surface area contributed by atoms with Crippen molar-refractivity contribution < 1.29 is 4.42 Å². The smallest absolute Gasteiger partial charge is 0.136 e. The van der Waals surface area contributed by atoms with Gasteiger partial charge in [-0.25, -0.2) is 0 Å². The summed E-state index contributed by atoms with van der Waals surface area (Å²) in [4.78, 5) is 2.37. The second kappa shape index (κ2) is 15.0. The van der Waals surface area contributed by atoms with Crippen molar-refractivity contribution in [2.45, 2.75) is 0 Å². The van der Waals surface area contributed by atoms with Gasteiger partial charge in [-0.05, 0) is 128 Å². The molecule has 0 aliphatic carbocycles. The van der Waals surface area contributed by atoms with E-state index in [1.165, 1.54) is 54.5 Å². The molecule has 0 amide bonds. The zero-order valence-electron chi connectivity index (χ0n) is 35.4. The van der Waals surface area contributed by atoms with E-state index in [0.717, 1.165) is 66.9 Å². The summed E-state index contributed by atoms with van der Waals surface area (Å²) >= 11 is 0. The highest BCUT2D eigenvalue weighted by Crippen LogP contribution is 2.41. The first-order chi connectivity index (χ1) is 32.2. The van der Waals surface area contributed by atoms with Gasteiger partial charge in [0.25, 0.3) is 0 Å². The summed E-state index contributed by atoms with van der Waals surface area (Å²) in [5, 5.41) is 9.81. The van der Waals surface area contributed by atoms with Crippen LogP contribution in [0, 0.1) is 0 Å². The molecule has 0 aliphatic rings.